The van der Waals surface area contributed by atoms with Crippen LogP contribution in [0.15, 0.2) is 0 Å². The molecule has 1 heterocycles. The highest BCUT2D eigenvalue weighted by atomic mass is 16.5. The van der Waals surface area contributed by atoms with Gasteiger partial charge >= 0.3 is 0 Å². The molecule has 2 rings (SSSR count). The minimum absolute atomic E-state index is 0.327. The minimum atomic E-state index is 0.327. The SMILES string of the molecule is CNC1COC2(CCC2)C1. The molecule has 58 valence electrons. The Hall–Kier alpha value is -0.0800. The fraction of sp³-hybridized carbons (Fsp3) is 1.00. The molecular weight excluding hydrogens is 126 g/mol. The van der Waals surface area contributed by atoms with Crippen molar-refractivity contribution >= 4 is 0 Å². The van der Waals surface area contributed by atoms with Gasteiger partial charge in [0.05, 0.1) is 12.2 Å². The van der Waals surface area contributed by atoms with Gasteiger partial charge < -0.3 is 10.1 Å². The van der Waals surface area contributed by atoms with E-state index < -0.39 is 0 Å². The van der Waals surface area contributed by atoms with Gasteiger partial charge in [0.1, 0.15) is 0 Å². The van der Waals surface area contributed by atoms with Gasteiger partial charge in [0.15, 0.2) is 0 Å². The second-order valence-electron chi connectivity index (χ2n) is 3.54. The fourth-order valence-electron chi connectivity index (χ4n) is 1.95. The lowest BCUT2D eigenvalue weighted by Gasteiger charge is -2.37. The smallest absolute Gasteiger partial charge is 0.0699 e. The third kappa shape index (κ3) is 0.867. The largest absolute Gasteiger partial charge is 0.373 e. The molecule has 1 saturated carbocycles. The van der Waals surface area contributed by atoms with Crippen molar-refractivity contribution < 1.29 is 4.74 Å². The van der Waals surface area contributed by atoms with E-state index in [-0.39, 0.29) is 0 Å². The average molecular weight is 141 g/mol. The van der Waals surface area contributed by atoms with E-state index in [1.807, 2.05) is 7.05 Å². The van der Waals surface area contributed by atoms with Gasteiger partial charge in [0.25, 0.3) is 0 Å². The fourth-order valence-corrected chi connectivity index (χ4v) is 1.95. The van der Waals surface area contributed by atoms with Crippen molar-refractivity contribution in [2.45, 2.75) is 37.3 Å². The average Bonchev–Trinajstić information content (AvgIpc) is 2.29. The molecule has 1 aliphatic carbocycles. The highest BCUT2D eigenvalue weighted by Gasteiger charge is 2.44. The Kier molecular flexibility index (Phi) is 1.46. The van der Waals surface area contributed by atoms with Gasteiger partial charge in [-0.2, -0.15) is 0 Å². The van der Waals surface area contributed by atoms with E-state index in [0.29, 0.717) is 11.6 Å². The van der Waals surface area contributed by atoms with Gasteiger partial charge in [0, 0.05) is 6.04 Å². The first kappa shape index (κ1) is 6.62. The third-order valence-electron chi connectivity index (χ3n) is 2.88. The number of ether oxygens (including phenoxy) is 1. The van der Waals surface area contributed by atoms with Crippen molar-refractivity contribution in [1.82, 2.24) is 5.32 Å². The standard InChI is InChI=1S/C8H15NO/c1-9-7-5-8(10-6-7)3-2-4-8/h7,9H,2-6H2,1H3. The summed E-state index contributed by atoms with van der Waals surface area (Å²) < 4.78 is 5.72. The van der Waals surface area contributed by atoms with Gasteiger partial charge in [-0.1, -0.05) is 0 Å². The van der Waals surface area contributed by atoms with Gasteiger partial charge in [-0.3, -0.25) is 0 Å². The molecule has 2 aliphatic rings. The number of hydrogen-bond acceptors (Lipinski definition) is 2. The van der Waals surface area contributed by atoms with E-state index in [4.69, 9.17) is 4.74 Å². The molecule has 2 fully saturated rings. The van der Waals surface area contributed by atoms with Crippen LogP contribution >= 0.6 is 0 Å². The summed E-state index contributed by atoms with van der Waals surface area (Å²) in [5, 5.41) is 3.26. The molecule has 1 spiro atoms. The van der Waals surface area contributed by atoms with E-state index in [9.17, 15) is 0 Å². The molecule has 2 nitrogen and oxygen atoms in total. The summed E-state index contributed by atoms with van der Waals surface area (Å²) in [6.45, 7) is 0.927. The predicted octanol–water partition coefficient (Wildman–Crippen LogP) is 0.917. The summed E-state index contributed by atoms with van der Waals surface area (Å²) in [5.74, 6) is 0. The molecule has 0 bridgehead atoms. The molecule has 1 unspecified atom stereocenters. The van der Waals surface area contributed by atoms with Crippen molar-refractivity contribution in [3.05, 3.63) is 0 Å². The Morgan fingerprint density at radius 3 is 2.60 bits per heavy atom. The van der Waals surface area contributed by atoms with Gasteiger partial charge in [0.2, 0.25) is 0 Å². The maximum Gasteiger partial charge on any atom is 0.0699 e. The zero-order valence-corrected chi connectivity index (χ0v) is 6.52. The molecular formula is C8H15NO. The zero-order valence-electron chi connectivity index (χ0n) is 6.52. The molecule has 10 heavy (non-hydrogen) atoms. The molecule has 1 atom stereocenters. The van der Waals surface area contributed by atoms with E-state index in [0.717, 1.165) is 6.61 Å². The van der Waals surface area contributed by atoms with Crippen molar-refractivity contribution in [3.63, 3.8) is 0 Å². The molecule has 2 heteroatoms. The van der Waals surface area contributed by atoms with Gasteiger partial charge in [-0.05, 0) is 32.7 Å². The number of likely N-dealkylation sites (N-methyl/N-ethyl adjacent to an activating group) is 1. The maximum atomic E-state index is 5.72. The second-order valence-corrected chi connectivity index (χ2v) is 3.54. The van der Waals surface area contributed by atoms with Crippen LogP contribution < -0.4 is 5.32 Å². The Morgan fingerprint density at radius 2 is 2.30 bits per heavy atom. The van der Waals surface area contributed by atoms with Crippen LogP contribution in [0.25, 0.3) is 0 Å². The minimum Gasteiger partial charge on any atom is -0.373 e. The lowest BCUT2D eigenvalue weighted by Crippen LogP contribution is -2.37. The maximum absolute atomic E-state index is 5.72. The Morgan fingerprint density at radius 1 is 1.50 bits per heavy atom. The molecule has 0 amide bonds. The molecule has 1 saturated heterocycles. The van der Waals surface area contributed by atoms with Crippen LogP contribution in [-0.4, -0.2) is 25.3 Å². The summed E-state index contributed by atoms with van der Waals surface area (Å²) in [4.78, 5) is 0. The second kappa shape index (κ2) is 2.21. The highest BCUT2D eigenvalue weighted by Crippen LogP contribution is 2.42. The summed E-state index contributed by atoms with van der Waals surface area (Å²) >= 11 is 0. The van der Waals surface area contributed by atoms with Crippen molar-refractivity contribution in [2.75, 3.05) is 13.7 Å². The lowest BCUT2D eigenvalue weighted by molar-refractivity contribution is -0.0563. The van der Waals surface area contributed by atoms with Crippen LogP contribution in [0.3, 0.4) is 0 Å². The first-order valence-corrected chi connectivity index (χ1v) is 4.16. The van der Waals surface area contributed by atoms with Crippen molar-refractivity contribution in [3.8, 4) is 0 Å². The Labute approximate surface area is 61.9 Å². The van der Waals surface area contributed by atoms with E-state index in [1.165, 1.54) is 25.7 Å². The third-order valence-corrected chi connectivity index (χ3v) is 2.88. The lowest BCUT2D eigenvalue weighted by atomic mass is 9.77. The molecule has 1 N–H and O–H groups in total. The Bertz CT molecular complexity index is 131. The number of rotatable bonds is 1. The monoisotopic (exact) mass is 141 g/mol. The van der Waals surface area contributed by atoms with Crippen molar-refractivity contribution in [1.29, 1.82) is 0 Å². The zero-order chi connectivity index (χ0) is 7.03. The van der Waals surface area contributed by atoms with Crippen LogP contribution in [0.5, 0.6) is 0 Å². The van der Waals surface area contributed by atoms with Crippen LogP contribution in [-0.2, 0) is 4.74 Å². The first-order valence-electron chi connectivity index (χ1n) is 4.16. The van der Waals surface area contributed by atoms with Crippen LogP contribution in [0.2, 0.25) is 0 Å². The molecule has 1 aliphatic heterocycles. The molecule has 0 aromatic rings. The van der Waals surface area contributed by atoms with Crippen molar-refractivity contribution in [2.24, 2.45) is 0 Å². The van der Waals surface area contributed by atoms with Crippen LogP contribution in [0, 0.1) is 0 Å². The van der Waals surface area contributed by atoms with Gasteiger partial charge in [-0.25, -0.2) is 0 Å². The predicted molar refractivity (Wildman–Crippen MR) is 40.0 cm³/mol. The molecule has 0 aromatic carbocycles. The van der Waals surface area contributed by atoms with E-state index in [1.54, 1.807) is 0 Å². The quantitative estimate of drug-likeness (QED) is 0.586. The first-order chi connectivity index (χ1) is 4.85. The topological polar surface area (TPSA) is 21.3 Å². The van der Waals surface area contributed by atoms with E-state index in [2.05, 4.69) is 5.32 Å². The number of hydrogen-bond donors (Lipinski definition) is 1. The van der Waals surface area contributed by atoms with Crippen LogP contribution in [0.4, 0.5) is 0 Å². The Balaban J connectivity index is 1.92. The number of nitrogens with one attached hydrogen (secondary N) is 1. The summed E-state index contributed by atoms with van der Waals surface area (Å²) in [6, 6.07) is 0.625. The summed E-state index contributed by atoms with van der Waals surface area (Å²) in [5.41, 5.74) is 0.327. The van der Waals surface area contributed by atoms with Gasteiger partial charge in [-0.15, -0.1) is 0 Å². The normalized spacial score (nSPS) is 36.3. The summed E-state index contributed by atoms with van der Waals surface area (Å²) in [6.07, 6.45) is 5.20. The molecule has 0 radical (unpaired) electrons. The molecule has 0 aromatic heterocycles. The summed E-state index contributed by atoms with van der Waals surface area (Å²) in [7, 11) is 2.02. The van der Waals surface area contributed by atoms with E-state index >= 15 is 0 Å². The highest BCUT2D eigenvalue weighted by molar-refractivity contribution is 4.97. The van der Waals surface area contributed by atoms with Crippen LogP contribution in [0.1, 0.15) is 25.7 Å².